The van der Waals surface area contributed by atoms with Crippen LogP contribution in [0.2, 0.25) is 0 Å². The predicted molar refractivity (Wildman–Crippen MR) is 240 cm³/mol. The molecule has 0 aliphatic carbocycles. The van der Waals surface area contributed by atoms with Crippen LogP contribution in [0.1, 0.15) is 76.0 Å². The summed E-state index contributed by atoms with van der Waals surface area (Å²) in [5.41, 5.74) is 12.6. The molecule has 276 valence electrons. The Balaban J connectivity index is 1.18. The average Bonchev–Trinajstić information content (AvgIpc) is 3.56. The number of rotatable bonds is 9. The molecule has 0 atom stereocenters. The molecular weight excluding hydrogens is 681 g/mol. The van der Waals surface area contributed by atoms with Crippen LogP contribution in [-0.2, 0) is 0 Å². The fourth-order valence-corrected chi connectivity index (χ4v) is 8.32. The van der Waals surface area contributed by atoms with Crippen LogP contribution in [-0.4, -0.2) is 0 Å². The van der Waals surface area contributed by atoms with Gasteiger partial charge >= 0.3 is 0 Å². The van der Waals surface area contributed by atoms with Gasteiger partial charge in [-0.1, -0.05) is 114 Å². The first-order chi connectivity index (χ1) is 27.2. The lowest BCUT2D eigenvalue weighted by Gasteiger charge is -2.30. The second-order valence-corrected chi connectivity index (χ2v) is 16.0. The van der Waals surface area contributed by atoms with Gasteiger partial charge in [0.15, 0.2) is 0 Å². The molecule has 0 aliphatic heterocycles. The van der Waals surface area contributed by atoms with E-state index in [9.17, 15) is 0 Å². The molecule has 0 saturated carbocycles. The Kier molecular flexibility index (Phi) is 9.10. The van der Waals surface area contributed by atoms with Crippen LogP contribution in [0, 0.1) is 0 Å². The number of nitrogens with zero attached hydrogens (tertiary/aromatic N) is 2. The van der Waals surface area contributed by atoms with Crippen LogP contribution in [0.5, 0.6) is 0 Å². The summed E-state index contributed by atoms with van der Waals surface area (Å²) in [6.45, 7) is 13.6. The number of fused-ring (bicyclic) bond motifs is 5. The van der Waals surface area contributed by atoms with E-state index in [0.717, 1.165) is 55.8 Å². The summed E-state index contributed by atoms with van der Waals surface area (Å²) in [5.74, 6) is 1.23. The Hall–Kier alpha value is -6.32. The fraction of sp³-hybridized carbons (Fsp3) is 0.170. The second-order valence-electron chi connectivity index (χ2n) is 16.0. The summed E-state index contributed by atoms with van der Waals surface area (Å²) in [6, 6.07) is 59.8. The lowest BCUT2D eigenvalue weighted by molar-refractivity contribution is 0.670. The van der Waals surface area contributed by atoms with Crippen molar-refractivity contribution in [2.45, 2.75) is 59.3 Å². The Morgan fingerprint density at radius 1 is 0.357 bits per heavy atom. The van der Waals surface area contributed by atoms with E-state index in [1.54, 1.807) is 0 Å². The highest BCUT2D eigenvalue weighted by molar-refractivity contribution is 6.14. The summed E-state index contributed by atoms with van der Waals surface area (Å²) in [5, 5.41) is 7.04. The zero-order chi connectivity index (χ0) is 38.5. The zero-order valence-electron chi connectivity index (χ0n) is 33.1. The number of anilines is 6. The maximum absolute atomic E-state index is 6.79. The Morgan fingerprint density at radius 2 is 0.839 bits per heavy atom. The number of furan rings is 1. The quantitative estimate of drug-likeness (QED) is 0.148. The highest BCUT2D eigenvalue weighted by Crippen LogP contribution is 2.45. The van der Waals surface area contributed by atoms with Crippen molar-refractivity contribution in [2.75, 3.05) is 9.80 Å². The third kappa shape index (κ3) is 6.37. The van der Waals surface area contributed by atoms with Gasteiger partial charge in [0.1, 0.15) is 11.2 Å². The van der Waals surface area contributed by atoms with Crippen molar-refractivity contribution < 1.29 is 4.42 Å². The first-order valence-electron chi connectivity index (χ1n) is 20.0. The summed E-state index contributed by atoms with van der Waals surface area (Å²) in [4.78, 5) is 4.74. The van der Waals surface area contributed by atoms with Crippen molar-refractivity contribution >= 4 is 77.6 Å². The van der Waals surface area contributed by atoms with E-state index in [1.165, 1.54) is 38.5 Å². The summed E-state index contributed by atoms with van der Waals surface area (Å²) in [7, 11) is 0. The molecule has 8 aromatic carbocycles. The van der Waals surface area contributed by atoms with Crippen LogP contribution < -0.4 is 9.80 Å². The van der Waals surface area contributed by atoms with E-state index < -0.39 is 0 Å². The topological polar surface area (TPSA) is 19.6 Å². The number of hydrogen-bond acceptors (Lipinski definition) is 3. The van der Waals surface area contributed by atoms with E-state index in [4.69, 9.17) is 4.42 Å². The molecule has 1 aromatic heterocycles. The molecule has 56 heavy (non-hydrogen) atoms. The largest absolute Gasteiger partial charge is 0.456 e. The van der Waals surface area contributed by atoms with Crippen molar-refractivity contribution in [3.63, 3.8) is 0 Å². The average molecular weight is 729 g/mol. The standard InChI is InChI=1S/C53H48N2O/c1-34(2)37-17-23-44(24-18-37)54(42-13-9-7-10-14-42)46-27-21-39-30-48-49-31-40-22-28-50(53(36(5)6)47(40)33-52(49)56-51(48)32-41(39)29-46)55(43-15-11-8-12-16-43)45-25-19-38(20-26-45)35(3)4/h7-36H,1-6H3. The van der Waals surface area contributed by atoms with Crippen LogP contribution in [0.3, 0.4) is 0 Å². The minimum Gasteiger partial charge on any atom is -0.456 e. The normalized spacial score (nSPS) is 11.9. The van der Waals surface area contributed by atoms with Gasteiger partial charge in [-0.3, -0.25) is 0 Å². The Morgan fingerprint density at radius 3 is 1.41 bits per heavy atom. The molecule has 9 aromatic rings. The third-order valence-electron chi connectivity index (χ3n) is 11.3. The molecule has 0 fully saturated rings. The maximum Gasteiger partial charge on any atom is 0.136 e. The molecule has 1 heterocycles. The summed E-state index contributed by atoms with van der Waals surface area (Å²) in [6.07, 6.45) is 0. The molecule has 0 N–H and O–H groups in total. The first-order valence-corrected chi connectivity index (χ1v) is 20.0. The first kappa shape index (κ1) is 35.4. The van der Waals surface area contributed by atoms with Crippen LogP contribution >= 0.6 is 0 Å². The number of hydrogen-bond donors (Lipinski definition) is 0. The van der Waals surface area contributed by atoms with Crippen molar-refractivity contribution in [1.82, 2.24) is 0 Å². The lowest BCUT2D eigenvalue weighted by Crippen LogP contribution is -2.13. The molecule has 0 spiro atoms. The maximum atomic E-state index is 6.79. The molecule has 0 aliphatic rings. The van der Waals surface area contributed by atoms with Gasteiger partial charge in [-0.05, 0) is 147 Å². The Labute approximate surface area is 330 Å². The molecule has 3 heteroatoms. The van der Waals surface area contributed by atoms with Crippen LogP contribution in [0.4, 0.5) is 34.1 Å². The van der Waals surface area contributed by atoms with E-state index >= 15 is 0 Å². The van der Waals surface area contributed by atoms with Crippen molar-refractivity contribution in [3.05, 3.63) is 180 Å². The van der Waals surface area contributed by atoms with E-state index in [0.29, 0.717) is 11.8 Å². The van der Waals surface area contributed by atoms with Gasteiger partial charge in [0, 0.05) is 39.2 Å². The molecule has 0 radical (unpaired) electrons. The third-order valence-corrected chi connectivity index (χ3v) is 11.3. The number of benzene rings is 8. The van der Waals surface area contributed by atoms with Gasteiger partial charge < -0.3 is 14.2 Å². The van der Waals surface area contributed by atoms with Crippen molar-refractivity contribution in [2.24, 2.45) is 0 Å². The zero-order valence-corrected chi connectivity index (χ0v) is 33.1. The van der Waals surface area contributed by atoms with Gasteiger partial charge in [-0.25, -0.2) is 0 Å². The van der Waals surface area contributed by atoms with E-state index in [-0.39, 0.29) is 5.92 Å². The summed E-state index contributed by atoms with van der Waals surface area (Å²) < 4.78 is 6.79. The van der Waals surface area contributed by atoms with E-state index in [1.807, 2.05) is 0 Å². The monoisotopic (exact) mass is 728 g/mol. The van der Waals surface area contributed by atoms with Crippen molar-refractivity contribution in [3.8, 4) is 0 Å². The molecule has 9 rings (SSSR count). The van der Waals surface area contributed by atoms with Crippen molar-refractivity contribution in [1.29, 1.82) is 0 Å². The van der Waals surface area contributed by atoms with Gasteiger partial charge in [0.2, 0.25) is 0 Å². The van der Waals surface area contributed by atoms with Crippen LogP contribution in [0.15, 0.2) is 168 Å². The van der Waals surface area contributed by atoms with Gasteiger partial charge in [-0.15, -0.1) is 0 Å². The smallest absolute Gasteiger partial charge is 0.136 e. The van der Waals surface area contributed by atoms with Gasteiger partial charge in [0.25, 0.3) is 0 Å². The number of para-hydroxylation sites is 2. The van der Waals surface area contributed by atoms with Crippen LogP contribution in [0.25, 0.3) is 43.5 Å². The predicted octanol–water partition coefficient (Wildman–Crippen LogP) is 16.2. The molecule has 0 amide bonds. The minimum absolute atomic E-state index is 0.270. The minimum atomic E-state index is 0.270. The summed E-state index contributed by atoms with van der Waals surface area (Å²) >= 11 is 0. The van der Waals surface area contributed by atoms with Gasteiger partial charge in [0.05, 0.1) is 5.69 Å². The Bertz CT molecular complexity index is 2810. The highest BCUT2D eigenvalue weighted by Gasteiger charge is 2.22. The molecule has 0 saturated heterocycles. The van der Waals surface area contributed by atoms with Gasteiger partial charge in [-0.2, -0.15) is 0 Å². The highest BCUT2D eigenvalue weighted by atomic mass is 16.3. The SMILES string of the molecule is CC(C)c1ccc(N(c2ccccc2)c2ccc3cc4c(cc3c2)oc2cc3c(C(C)C)c(N(c5ccccc5)c5ccc(C(C)C)cc5)ccc3cc24)cc1. The second kappa shape index (κ2) is 14.4. The molecular formula is C53H48N2O. The molecule has 0 unspecified atom stereocenters. The molecule has 3 nitrogen and oxygen atoms in total. The fourth-order valence-electron chi connectivity index (χ4n) is 8.32. The lowest BCUT2D eigenvalue weighted by atomic mass is 9.92. The molecule has 0 bridgehead atoms. The van der Waals surface area contributed by atoms with E-state index in [2.05, 4.69) is 215 Å².